The van der Waals surface area contributed by atoms with Crippen molar-refractivity contribution in [3.63, 3.8) is 0 Å². The molecular weight excluding hydrogens is 238 g/mol. The molecule has 1 N–H and O–H groups in total. The highest BCUT2D eigenvalue weighted by atomic mass is 32.2. The number of rotatable bonds is 11. The lowest BCUT2D eigenvalue weighted by Crippen LogP contribution is -2.28. The van der Waals surface area contributed by atoms with E-state index in [-0.39, 0.29) is 18.0 Å². The van der Waals surface area contributed by atoms with Gasteiger partial charge in [0.25, 0.3) is 0 Å². The summed E-state index contributed by atoms with van der Waals surface area (Å²) in [5.41, 5.74) is 0. The van der Waals surface area contributed by atoms with E-state index in [9.17, 15) is 13.2 Å². The number of hydrogen-bond donors (Lipinski definition) is 1. The zero-order chi connectivity index (χ0) is 13.1. The van der Waals surface area contributed by atoms with Gasteiger partial charge in [0.15, 0.2) is 0 Å². The van der Waals surface area contributed by atoms with Crippen molar-refractivity contribution in [2.45, 2.75) is 58.8 Å². The molecule has 0 heterocycles. The fourth-order valence-electron chi connectivity index (χ4n) is 1.50. The third-order valence-electron chi connectivity index (χ3n) is 2.53. The number of carbonyl (C=O) groups is 1. The van der Waals surface area contributed by atoms with E-state index in [0.29, 0.717) is 13.0 Å². The van der Waals surface area contributed by atoms with Crippen molar-refractivity contribution >= 4 is 15.8 Å². The Balaban J connectivity index is 3.69. The summed E-state index contributed by atoms with van der Waals surface area (Å²) >= 11 is 0. The third kappa shape index (κ3) is 10.5. The first-order valence-corrected chi connectivity index (χ1v) is 8.16. The molecule has 0 spiro atoms. The van der Waals surface area contributed by atoms with Gasteiger partial charge in [-0.1, -0.05) is 33.1 Å². The van der Waals surface area contributed by atoms with E-state index in [1.807, 2.05) is 6.92 Å². The highest BCUT2D eigenvalue weighted by Gasteiger charge is 2.11. The van der Waals surface area contributed by atoms with Crippen molar-refractivity contribution in [2.75, 3.05) is 12.3 Å². The van der Waals surface area contributed by atoms with Crippen LogP contribution < -0.4 is 4.72 Å². The second-order valence-corrected chi connectivity index (χ2v) is 6.24. The second-order valence-electron chi connectivity index (χ2n) is 4.31. The molecule has 0 aliphatic carbocycles. The molecule has 102 valence electrons. The number of unbranched alkanes of at least 4 members (excludes halogenated alkanes) is 3. The van der Waals surface area contributed by atoms with Crippen molar-refractivity contribution < 1.29 is 13.2 Å². The number of nitrogens with one attached hydrogen (secondary N) is 1. The number of carbonyl (C=O) groups excluding carboxylic acids is 1. The smallest absolute Gasteiger partial charge is 0.212 e. The number of ketones is 1. The SMILES string of the molecule is CCCCCCNS(=O)(=O)CCC(=O)CCC. The largest absolute Gasteiger partial charge is 0.300 e. The topological polar surface area (TPSA) is 63.2 Å². The molecule has 4 nitrogen and oxygen atoms in total. The molecule has 0 unspecified atom stereocenters. The van der Waals surface area contributed by atoms with Gasteiger partial charge < -0.3 is 0 Å². The van der Waals surface area contributed by atoms with E-state index in [0.717, 1.165) is 32.1 Å². The van der Waals surface area contributed by atoms with Crippen molar-refractivity contribution in [3.05, 3.63) is 0 Å². The summed E-state index contributed by atoms with van der Waals surface area (Å²) in [6.07, 6.45) is 5.59. The molecule has 0 aromatic rings. The van der Waals surface area contributed by atoms with Crippen LogP contribution in [0.1, 0.15) is 58.8 Å². The first-order valence-electron chi connectivity index (χ1n) is 6.51. The van der Waals surface area contributed by atoms with Gasteiger partial charge >= 0.3 is 0 Å². The van der Waals surface area contributed by atoms with Crippen LogP contribution in [0.25, 0.3) is 0 Å². The van der Waals surface area contributed by atoms with Gasteiger partial charge in [-0.3, -0.25) is 4.79 Å². The summed E-state index contributed by atoms with van der Waals surface area (Å²) in [5.74, 6) is -0.0385. The molecule has 0 rings (SSSR count). The minimum Gasteiger partial charge on any atom is -0.300 e. The molecule has 0 fully saturated rings. The summed E-state index contributed by atoms with van der Waals surface area (Å²) in [6.45, 7) is 4.52. The number of Topliss-reactive ketones (excluding diaryl/α,β-unsaturated/α-hetero) is 1. The van der Waals surface area contributed by atoms with Crippen LogP contribution in [0.5, 0.6) is 0 Å². The van der Waals surface area contributed by atoms with Crippen LogP contribution in [0, 0.1) is 0 Å². The van der Waals surface area contributed by atoms with E-state index in [2.05, 4.69) is 11.6 Å². The van der Waals surface area contributed by atoms with E-state index >= 15 is 0 Å². The van der Waals surface area contributed by atoms with Crippen molar-refractivity contribution in [1.82, 2.24) is 4.72 Å². The highest BCUT2D eigenvalue weighted by molar-refractivity contribution is 7.89. The van der Waals surface area contributed by atoms with E-state index < -0.39 is 10.0 Å². The molecule has 0 amide bonds. The highest BCUT2D eigenvalue weighted by Crippen LogP contribution is 2.00. The zero-order valence-corrected chi connectivity index (χ0v) is 11.8. The molecule has 0 saturated heterocycles. The summed E-state index contributed by atoms with van der Waals surface area (Å²) in [6, 6.07) is 0. The van der Waals surface area contributed by atoms with Gasteiger partial charge in [-0.15, -0.1) is 0 Å². The molecular formula is C12H25NO3S. The molecule has 5 heteroatoms. The maximum atomic E-state index is 11.5. The van der Waals surface area contributed by atoms with Gasteiger partial charge in [-0.25, -0.2) is 13.1 Å². The fourth-order valence-corrected chi connectivity index (χ4v) is 2.60. The summed E-state index contributed by atoms with van der Waals surface area (Å²) in [4.78, 5) is 11.2. The average Bonchev–Trinajstić information content (AvgIpc) is 2.27. The lowest BCUT2D eigenvalue weighted by Gasteiger charge is -2.05. The number of sulfonamides is 1. The maximum absolute atomic E-state index is 11.5. The van der Waals surface area contributed by atoms with Gasteiger partial charge in [-0.05, 0) is 12.8 Å². The van der Waals surface area contributed by atoms with E-state index in [1.54, 1.807) is 0 Å². The van der Waals surface area contributed by atoms with E-state index in [1.165, 1.54) is 0 Å². The van der Waals surface area contributed by atoms with Gasteiger partial charge in [0.1, 0.15) is 5.78 Å². The lowest BCUT2D eigenvalue weighted by atomic mass is 10.2. The summed E-state index contributed by atoms with van der Waals surface area (Å²) < 4.78 is 25.6. The standard InChI is InChI=1S/C12H25NO3S/c1-3-5-6-7-10-13-17(15,16)11-9-12(14)8-4-2/h13H,3-11H2,1-2H3. The molecule has 0 bridgehead atoms. The predicted molar refractivity (Wildman–Crippen MR) is 70.5 cm³/mol. The Morgan fingerprint density at radius 2 is 1.71 bits per heavy atom. The normalized spacial score (nSPS) is 11.6. The van der Waals surface area contributed by atoms with Crippen molar-refractivity contribution in [3.8, 4) is 0 Å². The van der Waals surface area contributed by atoms with Crippen LogP contribution in [0.15, 0.2) is 0 Å². The Bertz CT molecular complexity index is 299. The van der Waals surface area contributed by atoms with E-state index in [4.69, 9.17) is 0 Å². The first kappa shape index (κ1) is 16.6. The quantitative estimate of drug-likeness (QED) is 0.581. The van der Waals surface area contributed by atoms with Crippen molar-refractivity contribution in [1.29, 1.82) is 0 Å². The third-order valence-corrected chi connectivity index (χ3v) is 3.92. The Labute approximate surface area is 105 Å². The molecule has 0 saturated carbocycles. The molecule has 0 aliphatic heterocycles. The van der Waals surface area contributed by atoms with Gasteiger partial charge in [0.05, 0.1) is 5.75 Å². The predicted octanol–water partition coefficient (Wildman–Crippen LogP) is 2.25. The molecule has 0 radical (unpaired) electrons. The summed E-state index contributed by atoms with van der Waals surface area (Å²) in [7, 11) is -3.25. The molecule has 17 heavy (non-hydrogen) atoms. The van der Waals surface area contributed by atoms with Crippen LogP contribution in [-0.2, 0) is 14.8 Å². The Kier molecular flexibility index (Phi) is 9.36. The van der Waals surface area contributed by atoms with Crippen molar-refractivity contribution in [2.24, 2.45) is 0 Å². The molecule has 0 aromatic carbocycles. The summed E-state index contributed by atoms with van der Waals surface area (Å²) in [5, 5.41) is 0. The minimum absolute atomic E-state index is 0.0313. The monoisotopic (exact) mass is 263 g/mol. The zero-order valence-electron chi connectivity index (χ0n) is 11.0. The molecule has 0 aromatic heterocycles. The van der Waals surface area contributed by atoms with Crippen LogP contribution in [0.2, 0.25) is 0 Å². The Morgan fingerprint density at radius 3 is 2.29 bits per heavy atom. The Morgan fingerprint density at radius 1 is 1.00 bits per heavy atom. The van der Waals surface area contributed by atoms with Crippen LogP contribution >= 0.6 is 0 Å². The van der Waals surface area contributed by atoms with Crippen LogP contribution in [-0.4, -0.2) is 26.5 Å². The van der Waals surface area contributed by atoms with Crippen LogP contribution in [0.3, 0.4) is 0 Å². The molecule has 0 atom stereocenters. The second kappa shape index (κ2) is 9.59. The van der Waals surface area contributed by atoms with Gasteiger partial charge in [-0.2, -0.15) is 0 Å². The maximum Gasteiger partial charge on any atom is 0.212 e. The Hall–Kier alpha value is -0.420. The number of hydrogen-bond acceptors (Lipinski definition) is 3. The molecule has 0 aliphatic rings. The minimum atomic E-state index is -3.25. The average molecular weight is 263 g/mol. The van der Waals surface area contributed by atoms with Gasteiger partial charge in [0, 0.05) is 19.4 Å². The van der Waals surface area contributed by atoms with Crippen LogP contribution in [0.4, 0.5) is 0 Å². The van der Waals surface area contributed by atoms with Gasteiger partial charge in [0.2, 0.25) is 10.0 Å². The fraction of sp³-hybridized carbons (Fsp3) is 0.917. The lowest BCUT2D eigenvalue weighted by molar-refractivity contribution is -0.118. The first-order chi connectivity index (χ1) is 8.02.